The van der Waals surface area contributed by atoms with Crippen LogP contribution in [0.4, 0.5) is 4.79 Å². The van der Waals surface area contributed by atoms with E-state index in [9.17, 15) is 4.79 Å². The Morgan fingerprint density at radius 2 is 2.00 bits per heavy atom. The lowest BCUT2D eigenvalue weighted by molar-refractivity contribution is 0.147. The van der Waals surface area contributed by atoms with Crippen LogP contribution in [0, 0.1) is 5.92 Å². The average Bonchev–Trinajstić information content (AvgIpc) is 3.08. The Hall–Kier alpha value is -2.40. The number of ether oxygens (including phenoxy) is 1. The fourth-order valence-corrected chi connectivity index (χ4v) is 3.42. The quantitative estimate of drug-likeness (QED) is 0.880. The molecule has 1 aliphatic heterocycles. The van der Waals surface area contributed by atoms with Gasteiger partial charge in [0.1, 0.15) is 0 Å². The summed E-state index contributed by atoms with van der Waals surface area (Å²) in [5, 5.41) is 3.03. The number of rotatable bonds is 6. The number of nitrogens with one attached hydrogen (secondary N) is 1. The van der Waals surface area contributed by atoms with Gasteiger partial charge in [0.2, 0.25) is 0 Å². The summed E-state index contributed by atoms with van der Waals surface area (Å²) in [6, 6.07) is 16.1. The van der Waals surface area contributed by atoms with Gasteiger partial charge in [-0.2, -0.15) is 0 Å². The van der Waals surface area contributed by atoms with Crippen molar-refractivity contribution in [3.8, 4) is 0 Å². The second-order valence-electron chi connectivity index (χ2n) is 6.45. The average molecular weight is 339 g/mol. The minimum Gasteiger partial charge on any atom is -0.384 e. The highest BCUT2D eigenvalue weighted by molar-refractivity contribution is 5.74. The van der Waals surface area contributed by atoms with Crippen LogP contribution in [0.3, 0.4) is 0 Å². The Morgan fingerprint density at radius 3 is 2.72 bits per heavy atom. The fraction of sp³-hybridized carbons (Fsp3) is 0.400. The Labute approximate surface area is 149 Å². The molecule has 0 spiro atoms. The third-order valence-corrected chi connectivity index (χ3v) is 4.71. The summed E-state index contributed by atoms with van der Waals surface area (Å²) in [6.07, 6.45) is 2.65. The van der Waals surface area contributed by atoms with E-state index in [0.717, 1.165) is 12.1 Å². The van der Waals surface area contributed by atoms with E-state index in [4.69, 9.17) is 4.74 Å². The van der Waals surface area contributed by atoms with Gasteiger partial charge in [-0.1, -0.05) is 36.4 Å². The number of pyridine rings is 1. The van der Waals surface area contributed by atoms with E-state index in [1.807, 2.05) is 47.5 Å². The maximum absolute atomic E-state index is 12.5. The summed E-state index contributed by atoms with van der Waals surface area (Å²) in [5.74, 6) is 0.501. The third kappa shape index (κ3) is 4.57. The molecule has 1 N–H and O–H groups in total. The first-order chi connectivity index (χ1) is 12.3. The SMILES string of the molecule is COC[C@@H]1CN(C(=O)NCCc2ccccc2)C[C@H]1c1ccccn1. The second-order valence-corrected chi connectivity index (χ2v) is 6.45. The molecule has 2 aromatic rings. The predicted octanol–water partition coefficient (Wildman–Crippen LogP) is 2.70. The van der Waals surface area contributed by atoms with Gasteiger partial charge in [0, 0.05) is 50.5 Å². The van der Waals surface area contributed by atoms with Crippen molar-refractivity contribution >= 4 is 6.03 Å². The summed E-state index contributed by atoms with van der Waals surface area (Å²) in [7, 11) is 1.71. The molecule has 25 heavy (non-hydrogen) atoms. The van der Waals surface area contributed by atoms with E-state index in [1.165, 1.54) is 5.56 Å². The van der Waals surface area contributed by atoms with E-state index in [1.54, 1.807) is 7.11 Å². The number of hydrogen-bond donors (Lipinski definition) is 1. The first-order valence-electron chi connectivity index (χ1n) is 8.74. The molecular formula is C20H25N3O2. The highest BCUT2D eigenvalue weighted by Gasteiger charge is 2.36. The van der Waals surface area contributed by atoms with Crippen LogP contribution in [-0.2, 0) is 11.2 Å². The molecule has 0 radical (unpaired) electrons. The summed E-state index contributed by atoms with van der Waals surface area (Å²) in [4.78, 5) is 18.9. The number of hydrogen-bond acceptors (Lipinski definition) is 3. The summed E-state index contributed by atoms with van der Waals surface area (Å²) in [5.41, 5.74) is 2.26. The van der Waals surface area contributed by atoms with E-state index in [2.05, 4.69) is 22.4 Å². The van der Waals surface area contributed by atoms with Gasteiger partial charge in [-0.05, 0) is 24.1 Å². The number of carbonyl (C=O) groups is 1. The fourth-order valence-electron chi connectivity index (χ4n) is 3.42. The van der Waals surface area contributed by atoms with E-state index >= 15 is 0 Å². The van der Waals surface area contributed by atoms with E-state index in [-0.39, 0.29) is 17.9 Å². The zero-order valence-electron chi connectivity index (χ0n) is 14.6. The molecule has 1 aromatic carbocycles. The van der Waals surface area contributed by atoms with Crippen LogP contribution in [0.2, 0.25) is 0 Å². The van der Waals surface area contributed by atoms with Crippen LogP contribution in [0.25, 0.3) is 0 Å². The number of carbonyl (C=O) groups excluding carboxylic acids is 1. The van der Waals surface area contributed by atoms with Crippen LogP contribution in [0.15, 0.2) is 54.7 Å². The first kappa shape index (κ1) is 17.4. The van der Waals surface area contributed by atoms with E-state index < -0.39 is 0 Å². The molecule has 132 valence electrons. The summed E-state index contributed by atoms with van der Waals surface area (Å²) < 4.78 is 5.36. The highest BCUT2D eigenvalue weighted by atomic mass is 16.5. The van der Waals surface area contributed by atoms with Gasteiger partial charge in [0.05, 0.1) is 6.61 Å². The first-order valence-corrected chi connectivity index (χ1v) is 8.74. The smallest absolute Gasteiger partial charge is 0.317 e. The lowest BCUT2D eigenvalue weighted by Crippen LogP contribution is -2.39. The maximum Gasteiger partial charge on any atom is 0.317 e. The van der Waals surface area contributed by atoms with Crippen molar-refractivity contribution in [3.05, 3.63) is 66.0 Å². The van der Waals surface area contributed by atoms with Gasteiger partial charge in [0.15, 0.2) is 0 Å². The minimum absolute atomic E-state index is 0.00420. The Balaban J connectivity index is 1.56. The number of nitrogens with zero attached hydrogens (tertiary/aromatic N) is 2. The molecule has 1 fully saturated rings. The molecular weight excluding hydrogens is 314 g/mol. The summed E-state index contributed by atoms with van der Waals surface area (Å²) >= 11 is 0. The topological polar surface area (TPSA) is 54.5 Å². The van der Waals surface area contributed by atoms with Gasteiger partial charge >= 0.3 is 6.03 Å². The Morgan fingerprint density at radius 1 is 1.20 bits per heavy atom. The number of methoxy groups -OCH3 is 1. The lowest BCUT2D eigenvalue weighted by atomic mass is 9.93. The van der Waals surface area contributed by atoms with Crippen LogP contribution in [-0.4, -0.2) is 49.3 Å². The van der Waals surface area contributed by atoms with Crippen molar-refractivity contribution in [2.45, 2.75) is 12.3 Å². The number of urea groups is 1. The third-order valence-electron chi connectivity index (χ3n) is 4.71. The number of benzene rings is 1. The van der Waals surface area contributed by atoms with Crippen LogP contribution in [0.5, 0.6) is 0 Å². The molecule has 1 saturated heterocycles. The molecule has 5 nitrogen and oxygen atoms in total. The molecule has 2 heterocycles. The Kier molecular flexibility index (Phi) is 6.01. The van der Waals surface area contributed by atoms with Crippen molar-refractivity contribution in [2.75, 3.05) is 33.4 Å². The predicted molar refractivity (Wildman–Crippen MR) is 97.5 cm³/mol. The van der Waals surface area contributed by atoms with Crippen molar-refractivity contribution in [2.24, 2.45) is 5.92 Å². The van der Waals surface area contributed by atoms with Crippen molar-refractivity contribution in [3.63, 3.8) is 0 Å². The molecule has 2 atom stereocenters. The van der Waals surface area contributed by atoms with Crippen LogP contribution in [0.1, 0.15) is 17.2 Å². The van der Waals surface area contributed by atoms with Crippen molar-refractivity contribution in [1.29, 1.82) is 0 Å². The standard InChI is InChI=1S/C20H25N3O2/c1-25-15-17-13-23(14-18(17)19-9-5-6-11-21-19)20(24)22-12-10-16-7-3-2-4-8-16/h2-9,11,17-18H,10,12-15H2,1H3,(H,22,24)/t17-,18+/m0/s1. The number of likely N-dealkylation sites (tertiary alicyclic amines) is 1. The number of aromatic nitrogens is 1. The van der Waals surface area contributed by atoms with Gasteiger partial charge in [-0.25, -0.2) is 4.79 Å². The van der Waals surface area contributed by atoms with Crippen LogP contribution < -0.4 is 5.32 Å². The van der Waals surface area contributed by atoms with Crippen LogP contribution >= 0.6 is 0 Å². The minimum atomic E-state index is -0.00420. The van der Waals surface area contributed by atoms with Gasteiger partial charge in [-0.15, -0.1) is 0 Å². The zero-order valence-corrected chi connectivity index (χ0v) is 14.6. The van der Waals surface area contributed by atoms with E-state index in [0.29, 0.717) is 26.2 Å². The lowest BCUT2D eigenvalue weighted by Gasteiger charge is -2.17. The summed E-state index contributed by atoms with van der Waals surface area (Å²) in [6.45, 7) is 2.66. The molecule has 0 aliphatic carbocycles. The monoisotopic (exact) mass is 339 g/mol. The molecule has 1 aromatic heterocycles. The normalized spacial score (nSPS) is 19.8. The maximum atomic E-state index is 12.5. The molecule has 0 bridgehead atoms. The highest BCUT2D eigenvalue weighted by Crippen LogP contribution is 2.31. The number of amides is 2. The van der Waals surface area contributed by atoms with Gasteiger partial charge in [0.25, 0.3) is 0 Å². The van der Waals surface area contributed by atoms with Crippen molar-refractivity contribution < 1.29 is 9.53 Å². The van der Waals surface area contributed by atoms with Gasteiger partial charge < -0.3 is 15.0 Å². The zero-order chi connectivity index (χ0) is 17.5. The van der Waals surface area contributed by atoms with Crippen molar-refractivity contribution in [1.82, 2.24) is 15.2 Å². The molecule has 3 rings (SSSR count). The molecule has 0 unspecified atom stereocenters. The van der Waals surface area contributed by atoms with Gasteiger partial charge in [-0.3, -0.25) is 4.98 Å². The largest absolute Gasteiger partial charge is 0.384 e. The molecule has 2 amide bonds. The molecule has 0 saturated carbocycles. The molecule has 5 heteroatoms. The Bertz CT molecular complexity index is 663. The molecule has 1 aliphatic rings. The second kappa shape index (κ2) is 8.62.